The third-order valence-electron chi connectivity index (χ3n) is 5.85. The second-order valence-corrected chi connectivity index (χ2v) is 7.92. The summed E-state index contributed by atoms with van der Waals surface area (Å²) in [4.78, 5) is 21.3. The van der Waals surface area contributed by atoms with Crippen molar-refractivity contribution in [2.45, 2.75) is 19.9 Å². The molecule has 1 aliphatic rings. The van der Waals surface area contributed by atoms with Crippen molar-refractivity contribution in [3.8, 4) is 28.9 Å². The van der Waals surface area contributed by atoms with Gasteiger partial charge in [0.25, 0.3) is 5.91 Å². The Morgan fingerprint density at radius 2 is 2.00 bits per heavy atom. The maximum absolute atomic E-state index is 12.8. The molecule has 0 bridgehead atoms. The molecule has 0 spiro atoms. The van der Waals surface area contributed by atoms with Gasteiger partial charge in [0.1, 0.15) is 0 Å². The fourth-order valence-electron chi connectivity index (χ4n) is 3.79. The molecule has 31 heavy (non-hydrogen) atoms. The van der Waals surface area contributed by atoms with E-state index in [0.717, 1.165) is 17.7 Å². The zero-order valence-electron chi connectivity index (χ0n) is 17.8. The Labute approximate surface area is 181 Å². The molecule has 1 aliphatic heterocycles. The molecule has 0 unspecified atom stereocenters. The van der Waals surface area contributed by atoms with Gasteiger partial charge in [0, 0.05) is 31.9 Å². The van der Waals surface area contributed by atoms with Gasteiger partial charge in [-0.15, -0.1) is 0 Å². The van der Waals surface area contributed by atoms with Gasteiger partial charge in [-0.1, -0.05) is 6.07 Å². The minimum atomic E-state index is -0.0488. The number of hydrogen-bond donors (Lipinski definition) is 1. The minimum Gasteiger partial charge on any atom is -0.493 e. The third kappa shape index (κ3) is 3.88. The van der Waals surface area contributed by atoms with E-state index in [1.165, 1.54) is 10.9 Å². The van der Waals surface area contributed by atoms with Gasteiger partial charge in [0.15, 0.2) is 5.82 Å². The van der Waals surface area contributed by atoms with Crippen molar-refractivity contribution in [1.82, 2.24) is 24.6 Å². The molecule has 3 aromatic rings. The summed E-state index contributed by atoms with van der Waals surface area (Å²) in [5.74, 6) is 0.322. The number of hydrogen-bond acceptors (Lipinski definition) is 6. The highest BCUT2D eigenvalue weighted by atomic mass is 16.3. The Kier molecular flexibility index (Phi) is 5.44. The summed E-state index contributed by atoms with van der Waals surface area (Å²) in [5, 5.41) is 24.1. The number of benzene rings is 1. The van der Waals surface area contributed by atoms with Crippen LogP contribution >= 0.6 is 0 Å². The largest absolute Gasteiger partial charge is 0.493 e. The first-order chi connectivity index (χ1) is 14.9. The average Bonchev–Trinajstić information content (AvgIpc) is 3.16. The van der Waals surface area contributed by atoms with E-state index in [9.17, 15) is 9.90 Å². The van der Waals surface area contributed by atoms with Crippen LogP contribution in [0.15, 0.2) is 42.7 Å². The number of aromatic hydroxyl groups is 1. The number of carbonyl (C=O) groups is 1. The molecule has 158 valence electrons. The number of carbonyl (C=O) groups excluding carboxylic acids is 1. The zero-order valence-corrected chi connectivity index (χ0v) is 17.8. The number of aryl methyl sites for hydroxylation is 1. The number of likely N-dealkylation sites (N-methyl/N-ethyl adjacent to an activating group) is 1. The number of nitriles is 1. The van der Waals surface area contributed by atoms with Crippen LogP contribution in [-0.4, -0.2) is 68.3 Å². The second-order valence-electron chi connectivity index (χ2n) is 7.92. The molecular weight excluding hydrogens is 392 g/mol. The van der Waals surface area contributed by atoms with E-state index in [2.05, 4.69) is 35.0 Å². The van der Waals surface area contributed by atoms with E-state index in [1.54, 1.807) is 36.5 Å². The lowest BCUT2D eigenvalue weighted by Gasteiger charge is -2.37. The first-order valence-electron chi connectivity index (χ1n) is 10.1. The topological polar surface area (TPSA) is 98.3 Å². The van der Waals surface area contributed by atoms with Crippen LogP contribution in [-0.2, 0) is 0 Å². The lowest BCUT2D eigenvalue weighted by atomic mass is 10.0. The van der Waals surface area contributed by atoms with Gasteiger partial charge < -0.3 is 14.9 Å². The molecule has 8 nitrogen and oxygen atoms in total. The SMILES string of the molecule is Cc1cc(C#N)ccc1-c1cnn(-c2ccc(C(=O)N3CCN(C)[C@@H](C)C3)cn2)c1O. The predicted octanol–water partition coefficient (Wildman–Crippen LogP) is 2.60. The number of rotatable bonds is 3. The van der Waals surface area contributed by atoms with E-state index in [0.29, 0.717) is 41.6 Å². The molecule has 8 heteroatoms. The maximum atomic E-state index is 12.8. The summed E-state index contributed by atoms with van der Waals surface area (Å²) in [6.45, 7) is 6.20. The van der Waals surface area contributed by atoms with Gasteiger partial charge in [0.2, 0.25) is 5.88 Å². The predicted molar refractivity (Wildman–Crippen MR) is 116 cm³/mol. The molecule has 0 radical (unpaired) electrons. The minimum absolute atomic E-state index is 0.0439. The van der Waals surface area contributed by atoms with Crippen LogP contribution in [0.1, 0.15) is 28.4 Å². The van der Waals surface area contributed by atoms with Crippen LogP contribution in [0.5, 0.6) is 5.88 Å². The van der Waals surface area contributed by atoms with Crippen molar-refractivity contribution in [2.24, 2.45) is 0 Å². The van der Waals surface area contributed by atoms with Crippen LogP contribution in [0, 0.1) is 18.3 Å². The molecule has 4 rings (SSSR count). The van der Waals surface area contributed by atoms with E-state index in [1.807, 2.05) is 11.8 Å². The summed E-state index contributed by atoms with van der Waals surface area (Å²) in [5.41, 5.74) is 3.28. The van der Waals surface area contributed by atoms with E-state index in [4.69, 9.17) is 5.26 Å². The second kappa shape index (κ2) is 8.20. The number of piperazine rings is 1. The van der Waals surface area contributed by atoms with Crippen LogP contribution in [0.25, 0.3) is 16.9 Å². The lowest BCUT2D eigenvalue weighted by Crippen LogP contribution is -2.52. The van der Waals surface area contributed by atoms with Gasteiger partial charge in [0.05, 0.1) is 29.0 Å². The fraction of sp³-hybridized carbons (Fsp3) is 0.304. The van der Waals surface area contributed by atoms with Crippen LogP contribution < -0.4 is 0 Å². The number of aromatic nitrogens is 3. The highest BCUT2D eigenvalue weighted by molar-refractivity contribution is 5.94. The highest BCUT2D eigenvalue weighted by Crippen LogP contribution is 2.33. The summed E-state index contributed by atoms with van der Waals surface area (Å²) >= 11 is 0. The zero-order chi connectivity index (χ0) is 22.1. The summed E-state index contributed by atoms with van der Waals surface area (Å²) in [6, 6.07) is 11.1. The average molecular weight is 416 g/mol. The van der Waals surface area contributed by atoms with Gasteiger partial charge >= 0.3 is 0 Å². The van der Waals surface area contributed by atoms with Gasteiger partial charge in [-0.05, 0) is 56.3 Å². The molecule has 1 atom stereocenters. The van der Waals surface area contributed by atoms with Crippen LogP contribution in [0.4, 0.5) is 0 Å². The lowest BCUT2D eigenvalue weighted by molar-refractivity contribution is 0.0572. The molecule has 0 saturated carbocycles. The molecule has 1 amide bonds. The van der Waals surface area contributed by atoms with E-state index < -0.39 is 0 Å². The van der Waals surface area contributed by atoms with Crippen molar-refractivity contribution in [1.29, 1.82) is 5.26 Å². The Balaban J connectivity index is 1.56. The molecule has 1 saturated heterocycles. The quantitative estimate of drug-likeness (QED) is 0.705. The Morgan fingerprint density at radius 3 is 2.65 bits per heavy atom. The van der Waals surface area contributed by atoms with Gasteiger partial charge in [-0.3, -0.25) is 4.79 Å². The standard InChI is InChI=1S/C23H24N6O2/c1-15-10-17(11-24)4-6-19(15)20-13-26-29(23(20)31)21-7-5-18(12-25-21)22(30)28-9-8-27(3)16(2)14-28/h4-7,10,12-13,16,31H,8-9,14H2,1-3H3/t16-/m0/s1. The smallest absolute Gasteiger partial charge is 0.255 e. The summed E-state index contributed by atoms with van der Waals surface area (Å²) in [7, 11) is 2.06. The summed E-state index contributed by atoms with van der Waals surface area (Å²) in [6.07, 6.45) is 3.09. The number of nitrogens with zero attached hydrogens (tertiary/aromatic N) is 6. The first kappa shape index (κ1) is 20.6. The Morgan fingerprint density at radius 1 is 1.19 bits per heavy atom. The Bertz CT molecular complexity index is 1160. The number of amides is 1. The monoisotopic (exact) mass is 416 g/mol. The molecule has 3 heterocycles. The van der Waals surface area contributed by atoms with Crippen molar-refractivity contribution < 1.29 is 9.90 Å². The Hall–Kier alpha value is -3.70. The van der Waals surface area contributed by atoms with Crippen molar-refractivity contribution in [2.75, 3.05) is 26.7 Å². The highest BCUT2D eigenvalue weighted by Gasteiger charge is 2.25. The molecule has 1 aromatic carbocycles. The van der Waals surface area contributed by atoms with Gasteiger partial charge in [-0.25, -0.2) is 4.98 Å². The van der Waals surface area contributed by atoms with Gasteiger partial charge in [-0.2, -0.15) is 15.0 Å². The van der Waals surface area contributed by atoms with Crippen molar-refractivity contribution >= 4 is 5.91 Å². The number of pyridine rings is 1. The maximum Gasteiger partial charge on any atom is 0.255 e. The normalized spacial score (nSPS) is 16.8. The summed E-state index contributed by atoms with van der Waals surface area (Å²) < 4.78 is 1.33. The molecule has 0 aliphatic carbocycles. The molecule has 1 fully saturated rings. The fourth-order valence-corrected chi connectivity index (χ4v) is 3.79. The van der Waals surface area contributed by atoms with Crippen molar-refractivity contribution in [3.05, 3.63) is 59.4 Å². The molecule has 2 aromatic heterocycles. The van der Waals surface area contributed by atoms with E-state index in [-0.39, 0.29) is 11.8 Å². The molecule has 1 N–H and O–H groups in total. The van der Waals surface area contributed by atoms with Crippen LogP contribution in [0.2, 0.25) is 0 Å². The van der Waals surface area contributed by atoms with E-state index >= 15 is 0 Å². The third-order valence-corrected chi connectivity index (χ3v) is 5.85. The van der Waals surface area contributed by atoms with Crippen molar-refractivity contribution in [3.63, 3.8) is 0 Å². The van der Waals surface area contributed by atoms with Crippen LogP contribution in [0.3, 0.4) is 0 Å². The molecular formula is C23H24N6O2. The first-order valence-corrected chi connectivity index (χ1v) is 10.1.